The summed E-state index contributed by atoms with van der Waals surface area (Å²) in [5, 5.41) is 5.07. The summed E-state index contributed by atoms with van der Waals surface area (Å²) in [5.41, 5.74) is 1.04. The average Bonchev–Trinajstić information content (AvgIpc) is 3.19. The Balaban J connectivity index is 1.89. The van der Waals surface area contributed by atoms with Gasteiger partial charge < -0.3 is 0 Å². The van der Waals surface area contributed by atoms with Gasteiger partial charge in [-0.15, -0.1) is 11.3 Å². The van der Waals surface area contributed by atoms with Crippen LogP contribution in [0.3, 0.4) is 0 Å². The van der Waals surface area contributed by atoms with E-state index in [1.807, 2.05) is 12.3 Å². The Morgan fingerprint density at radius 3 is 2.67 bits per heavy atom. The zero-order chi connectivity index (χ0) is 17.3. The molecule has 1 aromatic carbocycles. The first kappa shape index (κ1) is 17.3. The number of hydrogen-bond acceptors (Lipinski definition) is 5. The van der Waals surface area contributed by atoms with E-state index in [0.29, 0.717) is 18.2 Å². The number of carbonyl (C=O) groups excluding carboxylic acids is 1. The van der Waals surface area contributed by atoms with Gasteiger partial charge in [-0.25, -0.2) is 13.4 Å². The number of carbonyl (C=O) groups is 1. The highest BCUT2D eigenvalue weighted by molar-refractivity contribution is 7.89. The smallest absolute Gasteiger partial charge is 0.257 e. The predicted molar refractivity (Wildman–Crippen MR) is 94.2 cm³/mol. The molecule has 1 fully saturated rings. The summed E-state index contributed by atoms with van der Waals surface area (Å²) in [6.07, 6.45) is 1.67. The predicted octanol–water partition coefficient (Wildman–Crippen LogP) is 3.14. The molecule has 0 unspecified atom stereocenters. The summed E-state index contributed by atoms with van der Waals surface area (Å²) in [6, 6.07) is 4.26. The number of nitrogens with zero attached hydrogens (tertiary/aromatic N) is 2. The Bertz CT molecular complexity index is 874. The molecule has 1 aliphatic rings. The van der Waals surface area contributed by atoms with Gasteiger partial charge in [-0.1, -0.05) is 11.6 Å². The molecule has 0 saturated carbocycles. The maximum Gasteiger partial charge on any atom is 0.257 e. The van der Waals surface area contributed by atoms with Crippen molar-refractivity contribution in [3.63, 3.8) is 0 Å². The molecule has 1 amide bonds. The van der Waals surface area contributed by atoms with Gasteiger partial charge in [0.2, 0.25) is 10.0 Å². The number of benzene rings is 1. The van der Waals surface area contributed by atoms with Crippen molar-refractivity contribution < 1.29 is 13.2 Å². The molecular weight excluding hydrogens is 370 g/mol. The standard InChI is InChI=1S/C15H16ClN3O3S2/c1-10-9-23-15(17-10)18-14(20)11-4-5-12(16)13(8-11)24(21,22)19-6-2-3-7-19/h4-5,8-9H,2-3,6-7H2,1H3,(H,17,18,20). The Hall–Kier alpha value is -1.48. The Morgan fingerprint density at radius 1 is 1.33 bits per heavy atom. The molecule has 0 radical (unpaired) electrons. The molecule has 2 heterocycles. The highest BCUT2D eigenvalue weighted by Crippen LogP contribution is 2.28. The molecule has 1 aromatic heterocycles. The normalized spacial score (nSPS) is 15.6. The van der Waals surface area contributed by atoms with E-state index in [1.54, 1.807) is 0 Å². The summed E-state index contributed by atoms with van der Waals surface area (Å²) in [6.45, 7) is 2.79. The molecule has 0 bridgehead atoms. The van der Waals surface area contributed by atoms with E-state index in [2.05, 4.69) is 10.3 Å². The van der Waals surface area contributed by atoms with Gasteiger partial charge >= 0.3 is 0 Å². The number of aromatic nitrogens is 1. The first-order valence-corrected chi connectivity index (χ1v) is 10.1. The molecule has 6 nitrogen and oxygen atoms in total. The van der Waals surface area contributed by atoms with Gasteiger partial charge in [-0.3, -0.25) is 10.1 Å². The first-order chi connectivity index (χ1) is 11.4. The minimum Gasteiger partial charge on any atom is -0.298 e. The minimum absolute atomic E-state index is 0.0333. The lowest BCUT2D eigenvalue weighted by Gasteiger charge is -2.17. The second-order valence-electron chi connectivity index (χ2n) is 5.50. The van der Waals surface area contributed by atoms with Crippen LogP contribution in [0, 0.1) is 6.92 Å². The number of halogens is 1. The Kier molecular flexibility index (Phi) is 4.91. The van der Waals surface area contributed by atoms with Crippen molar-refractivity contribution in [1.29, 1.82) is 0 Å². The van der Waals surface area contributed by atoms with E-state index in [-0.39, 0.29) is 15.5 Å². The highest BCUT2D eigenvalue weighted by atomic mass is 35.5. The highest BCUT2D eigenvalue weighted by Gasteiger charge is 2.29. The Labute approximate surface area is 149 Å². The van der Waals surface area contributed by atoms with Gasteiger partial charge in [0.05, 0.1) is 10.7 Å². The maximum atomic E-state index is 12.7. The fraction of sp³-hybridized carbons (Fsp3) is 0.333. The van der Waals surface area contributed by atoms with Gasteiger partial charge in [0.15, 0.2) is 5.13 Å². The molecule has 24 heavy (non-hydrogen) atoms. The molecule has 0 spiro atoms. The zero-order valence-corrected chi connectivity index (χ0v) is 15.3. The van der Waals surface area contributed by atoms with Crippen LogP contribution < -0.4 is 5.32 Å². The van der Waals surface area contributed by atoms with Gasteiger partial charge in [-0.2, -0.15) is 4.31 Å². The molecule has 3 rings (SSSR count). The van der Waals surface area contributed by atoms with E-state index in [9.17, 15) is 13.2 Å². The lowest BCUT2D eigenvalue weighted by Crippen LogP contribution is -2.28. The van der Waals surface area contributed by atoms with Crippen LogP contribution in [-0.2, 0) is 10.0 Å². The van der Waals surface area contributed by atoms with Crippen molar-refractivity contribution in [2.24, 2.45) is 0 Å². The van der Waals surface area contributed by atoms with E-state index >= 15 is 0 Å². The van der Waals surface area contributed by atoms with Crippen LogP contribution >= 0.6 is 22.9 Å². The number of hydrogen-bond donors (Lipinski definition) is 1. The topological polar surface area (TPSA) is 79.4 Å². The molecule has 0 atom stereocenters. The van der Waals surface area contributed by atoms with E-state index in [0.717, 1.165) is 18.5 Å². The van der Waals surface area contributed by atoms with E-state index < -0.39 is 15.9 Å². The van der Waals surface area contributed by atoms with Crippen LogP contribution in [0.1, 0.15) is 28.9 Å². The number of amides is 1. The van der Waals surface area contributed by atoms with E-state index in [1.165, 1.54) is 33.8 Å². The first-order valence-electron chi connectivity index (χ1n) is 7.41. The number of sulfonamides is 1. The third kappa shape index (κ3) is 3.46. The summed E-state index contributed by atoms with van der Waals surface area (Å²) in [4.78, 5) is 16.5. The third-order valence-electron chi connectivity index (χ3n) is 3.72. The maximum absolute atomic E-state index is 12.7. The molecule has 0 aliphatic carbocycles. The molecule has 128 valence electrons. The monoisotopic (exact) mass is 385 g/mol. The van der Waals surface area contributed by atoms with Crippen molar-refractivity contribution >= 4 is 44.0 Å². The number of nitrogens with one attached hydrogen (secondary N) is 1. The Morgan fingerprint density at radius 2 is 2.04 bits per heavy atom. The third-order valence-corrected chi connectivity index (χ3v) is 6.97. The fourth-order valence-electron chi connectivity index (χ4n) is 2.49. The second kappa shape index (κ2) is 6.79. The lowest BCUT2D eigenvalue weighted by atomic mass is 10.2. The summed E-state index contributed by atoms with van der Waals surface area (Å²) >= 11 is 7.39. The van der Waals surface area contributed by atoms with Crippen molar-refractivity contribution in [3.8, 4) is 0 Å². The summed E-state index contributed by atoms with van der Waals surface area (Å²) in [5.74, 6) is -0.418. The van der Waals surface area contributed by atoms with E-state index in [4.69, 9.17) is 11.6 Å². The van der Waals surface area contributed by atoms with Gasteiger partial charge in [-0.05, 0) is 38.0 Å². The van der Waals surface area contributed by atoms with Crippen molar-refractivity contribution in [2.45, 2.75) is 24.7 Å². The van der Waals surface area contributed by atoms with Crippen molar-refractivity contribution in [3.05, 3.63) is 39.9 Å². The number of thiazole rings is 1. The molecule has 1 aliphatic heterocycles. The van der Waals surface area contributed by atoms with Crippen molar-refractivity contribution in [1.82, 2.24) is 9.29 Å². The van der Waals surface area contributed by atoms with Crippen LogP contribution in [0.4, 0.5) is 5.13 Å². The minimum atomic E-state index is -3.69. The second-order valence-corrected chi connectivity index (χ2v) is 8.68. The van der Waals surface area contributed by atoms with Gasteiger partial charge in [0.25, 0.3) is 5.91 Å². The number of aryl methyl sites for hydroxylation is 1. The quantitative estimate of drug-likeness (QED) is 0.876. The van der Waals surface area contributed by atoms with Crippen LogP contribution in [0.25, 0.3) is 0 Å². The van der Waals surface area contributed by atoms with Crippen LogP contribution in [0.15, 0.2) is 28.5 Å². The molecule has 1 N–H and O–H groups in total. The summed E-state index contributed by atoms with van der Waals surface area (Å²) in [7, 11) is -3.69. The molecule has 9 heteroatoms. The number of anilines is 1. The number of rotatable bonds is 4. The van der Waals surface area contributed by atoms with Gasteiger partial charge in [0, 0.05) is 24.0 Å². The fourth-order valence-corrected chi connectivity index (χ4v) is 5.19. The van der Waals surface area contributed by atoms with Crippen LogP contribution in [-0.4, -0.2) is 36.7 Å². The summed E-state index contributed by atoms with van der Waals surface area (Å²) < 4.78 is 26.8. The lowest BCUT2D eigenvalue weighted by molar-refractivity contribution is 0.102. The zero-order valence-electron chi connectivity index (χ0n) is 13.0. The average molecular weight is 386 g/mol. The van der Waals surface area contributed by atoms with Crippen LogP contribution in [0.2, 0.25) is 5.02 Å². The van der Waals surface area contributed by atoms with Gasteiger partial charge in [0.1, 0.15) is 4.90 Å². The molecular formula is C15H16ClN3O3S2. The molecule has 2 aromatic rings. The van der Waals surface area contributed by atoms with Crippen molar-refractivity contribution in [2.75, 3.05) is 18.4 Å². The SMILES string of the molecule is Cc1csc(NC(=O)c2ccc(Cl)c(S(=O)(=O)N3CCCC3)c2)n1. The largest absolute Gasteiger partial charge is 0.298 e. The molecule has 1 saturated heterocycles. The van der Waals surface area contributed by atoms with Crippen LogP contribution in [0.5, 0.6) is 0 Å².